The zero-order chi connectivity index (χ0) is 23.5. The first-order chi connectivity index (χ1) is 16.6. The lowest BCUT2D eigenvalue weighted by Gasteiger charge is -2.48. The Bertz CT molecular complexity index is 1250. The van der Waals surface area contributed by atoms with E-state index in [4.69, 9.17) is 9.47 Å². The summed E-state index contributed by atoms with van der Waals surface area (Å²) < 4.78 is 11.6. The van der Waals surface area contributed by atoms with Gasteiger partial charge in [0.05, 0.1) is 12.6 Å². The van der Waals surface area contributed by atoms with E-state index in [1.165, 1.54) is 33.5 Å². The fourth-order valence-electron chi connectivity index (χ4n) is 5.02. The Kier molecular flexibility index (Phi) is 6.02. The molecule has 0 aliphatic carbocycles. The SMILES string of the molecule is COc1ccc2c(c1)CCN(c1ccc(C)cc1)C2(C)c1ccc(OCc2ccccc2)cc1. The maximum atomic E-state index is 6.06. The van der Waals surface area contributed by atoms with Gasteiger partial charge in [-0.1, -0.05) is 66.2 Å². The molecule has 1 aliphatic heterocycles. The molecule has 0 radical (unpaired) electrons. The van der Waals surface area contributed by atoms with E-state index in [-0.39, 0.29) is 5.54 Å². The van der Waals surface area contributed by atoms with Crippen LogP contribution < -0.4 is 14.4 Å². The first kappa shape index (κ1) is 22.1. The number of nitrogens with zero attached hydrogens (tertiary/aromatic N) is 1. The lowest BCUT2D eigenvalue weighted by molar-refractivity contribution is 0.306. The van der Waals surface area contributed by atoms with Crippen LogP contribution in [-0.4, -0.2) is 13.7 Å². The van der Waals surface area contributed by atoms with E-state index in [2.05, 4.69) is 97.6 Å². The van der Waals surface area contributed by atoms with E-state index in [0.717, 1.165) is 24.5 Å². The topological polar surface area (TPSA) is 21.7 Å². The molecule has 1 aliphatic rings. The molecule has 1 unspecified atom stereocenters. The predicted molar refractivity (Wildman–Crippen MR) is 139 cm³/mol. The molecule has 3 nitrogen and oxygen atoms in total. The van der Waals surface area contributed by atoms with Crippen molar-refractivity contribution in [2.75, 3.05) is 18.6 Å². The Morgan fingerprint density at radius 3 is 2.24 bits per heavy atom. The minimum atomic E-state index is -0.312. The van der Waals surface area contributed by atoms with Gasteiger partial charge in [-0.3, -0.25) is 0 Å². The molecule has 0 saturated carbocycles. The molecule has 0 bridgehead atoms. The number of hydrogen-bond donors (Lipinski definition) is 0. The third-order valence-corrected chi connectivity index (χ3v) is 6.99. The minimum Gasteiger partial charge on any atom is -0.497 e. The third-order valence-electron chi connectivity index (χ3n) is 6.99. The smallest absolute Gasteiger partial charge is 0.119 e. The summed E-state index contributed by atoms with van der Waals surface area (Å²) in [6.45, 7) is 5.97. The zero-order valence-corrected chi connectivity index (χ0v) is 20.1. The van der Waals surface area contributed by atoms with Crippen LogP contribution in [0.2, 0.25) is 0 Å². The highest BCUT2D eigenvalue weighted by Crippen LogP contribution is 2.44. The molecule has 0 N–H and O–H groups in total. The van der Waals surface area contributed by atoms with E-state index >= 15 is 0 Å². The molecule has 3 heteroatoms. The molecule has 5 rings (SSSR count). The number of fused-ring (bicyclic) bond motifs is 1. The van der Waals surface area contributed by atoms with Gasteiger partial charge >= 0.3 is 0 Å². The highest BCUT2D eigenvalue weighted by Gasteiger charge is 2.40. The molecule has 0 fully saturated rings. The predicted octanol–water partition coefficient (Wildman–Crippen LogP) is 6.91. The maximum Gasteiger partial charge on any atom is 0.119 e. The first-order valence-electron chi connectivity index (χ1n) is 11.9. The van der Waals surface area contributed by atoms with Crippen molar-refractivity contribution in [3.05, 3.63) is 125 Å². The van der Waals surface area contributed by atoms with Crippen molar-refractivity contribution in [1.29, 1.82) is 0 Å². The summed E-state index contributed by atoms with van der Waals surface area (Å²) in [7, 11) is 1.73. The summed E-state index contributed by atoms with van der Waals surface area (Å²) in [5.41, 5.74) is 7.26. The van der Waals surface area contributed by atoms with E-state index in [0.29, 0.717) is 6.61 Å². The van der Waals surface area contributed by atoms with Crippen molar-refractivity contribution in [3.63, 3.8) is 0 Å². The lowest BCUT2D eigenvalue weighted by atomic mass is 9.76. The van der Waals surface area contributed by atoms with Gasteiger partial charge in [0.15, 0.2) is 0 Å². The Hall–Kier alpha value is -3.72. The quantitative estimate of drug-likeness (QED) is 0.319. The summed E-state index contributed by atoms with van der Waals surface area (Å²) in [6.07, 6.45) is 0.980. The van der Waals surface area contributed by atoms with Gasteiger partial charge in [0.1, 0.15) is 18.1 Å². The van der Waals surface area contributed by atoms with Gasteiger partial charge in [-0.05, 0) is 78.9 Å². The summed E-state index contributed by atoms with van der Waals surface area (Å²) in [5.74, 6) is 1.79. The van der Waals surface area contributed by atoms with E-state index in [1.807, 2.05) is 18.2 Å². The van der Waals surface area contributed by atoms with Crippen molar-refractivity contribution in [2.24, 2.45) is 0 Å². The van der Waals surface area contributed by atoms with Crippen molar-refractivity contribution in [2.45, 2.75) is 32.4 Å². The summed E-state index contributed by atoms with van der Waals surface area (Å²) in [6, 6.07) is 34.2. The van der Waals surface area contributed by atoms with Gasteiger partial charge in [0.2, 0.25) is 0 Å². The van der Waals surface area contributed by atoms with Crippen LogP contribution in [0.5, 0.6) is 11.5 Å². The molecule has 4 aromatic carbocycles. The Balaban J connectivity index is 1.51. The van der Waals surface area contributed by atoms with Crippen molar-refractivity contribution >= 4 is 5.69 Å². The van der Waals surface area contributed by atoms with E-state index < -0.39 is 0 Å². The maximum absolute atomic E-state index is 6.06. The van der Waals surface area contributed by atoms with Gasteiger partial charge in [-0.2, -0.15) is 0 Å². The van der Waals surface area contributed by atoms with Crippen molar-refractivity contribution in [1.82, 2.24) is 0 Å². The Labute approximate surface area is 202 Å². The van der Waals surface area contributed by atoms with Crippen LogP contribution in [0.25, 0.3) is 0 Å². The molecular weight excluding hydrogens is 418 g/mol. The molecule has 0 saturated heterocycles. The number of methoxy groups -OCH3 is 1. The third kappa shape index (κ3) is 4.14. The molecule has 0 spiro atoms. The summed E-state index contributed by atoms with van der Waals surface area (Å²) in [4.78, 5) is 2.53. The second kappa shape index (κ2) is 9.26. The molecule has 0 amide bonds. The molecule has 1 heterocycles. The Morgan fingerprint density at radius 1 is 0.824 bits per heavy atom. The summed E-state index contributed by atoms with van der Waals surface area (Å²) >= 11 is 0. The fourth-order valence-corrected chi connectivity index (χ4v) is 5.02. The molecular formula is C31H31NO2. The zero-order valence-electron chi connectivity index (χ0n) is 20.1. The largest absolute Gasteiger partial charge is 0.497 e. The average molecular weight is 450 g/mol. The van der Waals surface area contributed by atoms with Gasteiger partial charge < -0.3 is 14.4 Å². The molecule has 4 aromatic rings. The number of benzene rings is 4. The first-order valence-corrected chi connectivity index (χ1v) is 11.9. The number of aryl methyl sites for hydroxylation is 1. The minimum absolute atomic E-state index is 0.312. The number of anilines is 1. The molecule has 0 aromatic heterocycles. The van der Waals surface area contributed by atoms with Crippen molar-refractivity contribution < 1.29 is 9.47 Å². The summed E-state index contributed by atoms with van der Waals surface area (Å²) in [5, 5.41) is 0. The number of ether oxygens (including phenoxy) is 2. The highest BCUT2D eigenvalue weighted by molar-refractivity contribution is 5.61. The Morgan fingerprint density at radius 2 is 1.53 bits per heavy atom. The van der Waals surface area contributed by atoms with Crippen LogP contribution in [0.1, 0.15) is 34.7 Å². The fraction of sp³-hybridized carbons (Fsp3) is 0.226. The van der Waals surface area contributed by atoms with Crippen LogP contribution in [0.3, 0.4) is 0 Å². The van der Waals surface area contributed by atoms with Crippen LogP contribution in [0.4, 0.5) is 5.69 Å². The average Bonchev–Trinajstić information content (AvgIpc) is 2.89. The standard InChI is InChI=1S/C31H31NO2/c1-23-9-13-27(14-10-23)32-20-19-25-21-29(33-3)17-18-30(25)31(32,2)26-11-15-28(16-12-26)34-22-24-7-5-4-6-8-24/h4-18,21H,19-20,22H2,1-3H3. The number of hydrogen-bond acceptors (Lipinski definition) is 3. The van der Waals surface area contributed by atoms with Crippen LogP contribution in [-0.2, 0) is 18.6 Å². The van der Waals surface area contributed by atoms with Gasteiger partial charge in [0, 0.05) is 12.2 Å². The van der Waals surface area contributed by atoms with E-state index in [1.54, 1.807) is 7.11 Å². The molecule has 34 heavy (non-hydrogen) atoms. The highest BCUT2D eigenvalue weighted by atomic mass is 16.5. The number of rotatable bonds is 6. The van der Waals surface area contributed by atoms with Crippen LogP contribution in [0.15, 0.2) is 97.1 Å². The second-order valence-electron chi connectivity index (χ2n) is 9.13. The molecule has 172 valence electrons. The van der Waals surface area contributed by atoms with Gasteiger partial charge in [0.25, 0.3) is 0 Å². The monoisotopic (exact) mass is 449 g/mol. The van der Waals surface area contributed by atoms with Crippen LogP contribution in [0, 0.1) is 6.92 Å². The molecule has 1 atom stereocenters. The van der Waals surface area contributed by atoms with Crippen LogP contribution >= 0.6 is 0 Å². The second-order valence-corrected chi connectivity index (χ2v) is 9.13. The van der Waals surface area contributed by atoms with Gasteiger partial charge in [-0.25, -0.2) is 0 Å². The van der Waals surface area contributed by atoms with E-state index in [9.17, 15) is 0 Å². The normalized spacial score (nSPS) is 17.2. The van der Waals surface area contributed by atoms with Crippen molar-refractivity contribution in [3.8, 4) is 11.5 Å². The lowest BCUT2D eigenvalue weighted by Crippen LogP contribution is -2.49. The van der Waals surface area contributed by atoms with Gasteiger partial charge in [-0.15, -0.1) is 0 Å².